The Hall–Kier alpha value is -0.920. The normalized spacial score (nSPS) is 10.2. The van der Waals surface area contributed by atoms with E-state index in [-0.39, 0.29) is 17.9 Å². The van der Waals surface area contributed by atoms with Crippen molar-refractivity contribution in [2.75, 3.05) is 6.61 Å². The maximum absolute atomic E-state index is 11.7. The Morgan fingerprint density at radius 1 is 1.62 bits per heavy atom. The van der Waals surface area contributed by atoms with E-state index in [4.69, 9.17) is 4.74 Å². The second kappa shape index (κ2) is 5.97. The van der Waals surface area contributed by atoms with Gasteiger partial charge in [0.2, 0.25) is 0 Å². The average molecular weight is 336 g/mol. The summed E-state index contributed by atoms with van der Waals surface area (Å²) in [7, 11) is 0. The molecular weight excluding hydrogens is 323 g/mol. The highest BCUT2D eigenvalue weighted by atomic mass is 127. The molecule has 16 heavy (non-hydrogen) atoms. The number of hydrogen-bond acceptors (Lipinski definition) is 4. The lowest BCUT2D eigenvalue weighted by atomic mass is 10.4. The SMILES string of the molecule is CCOC(=O)CCn1cnc(C)c(I)c1=O. The third kappa shape index (κ3) is 3.29. The van der Waals surface area contributed by atoms with Gasteiger partial charge < -0.3 is 4.74 Å². The lowest BCUT2D eigenvalue weighted by Crippen LogP contribution is -2.25. The molecule has 0 saturated carbocycles. The molecule has 1 rings (SSSR count). The van der Waals surface area contributed by atoms with E-state index in [9.17, 15) is 9.59 Å². The molecule has 0 amide bonds. The van der Waals surface area contributed by atoms with Crippen molar-refractivity contribution < 1.29 is 9.53 Å². The molecule has 88 valence electrons. The first kappa shape index (κ1) is 13.1. The Labute approximate surface area is 107 Å². The number of rotatable bonds is 4. The zero-order valence-electron chi connectivity index (χ0n) is 9.20. The highest BCUT2D eigenvalue weighted by Gasteiger charge is 2.07. The number of esters is 1. The number of carbonyl (C=O) groups is 1. The summed E-state index contributed by atoms with van der Waals surface area (Å²) in [5.41, 5.74) is 0.593. The van der Waals surface area contributed by atoms with Crippen LogP contribution in [0.5, 0.6) is 0 Å². The molecule has 1 aromatic heterocycles. The highest BCUT2D eigenvalue weighted by molar-refractivity contribution is 14.1. The molecule has 0 N–H and O–H groups in total. The molecule has 0 atom stereocenters. The fourth-order valence-corrected chi connectivity index (χ4v) is 1.60. The summed E-state index contributed by atoms with van der Waals surface area (Å²) in [5.74, 6) is -0.301. The Kier molecular flexibility index (Phi) is 4.91. The van der Waals surface area contributed by atoms with Crippen LogP contribution in [0, 0.1) is 10.5 Å². The van der Waals surface area contributed by atoms with Crippen LogP contribution >= 0.6 is 22.6 Å². The van der Waals surface area contributed by atoms with Gasteiger partial charge in [-0.1, -0.05) is 0 Å². The number of ether oxygens (including phenoxy) is 1. The third-order valence-corrected chi connectivity index (χ3v) is 3.26. The molecule has 0 unspecified atom stereocenters. The fraction of sp³-hybridized carbons (Fsp3) is 0.500. The topological polar surface area (TPSA) is 61.2 Å². The Bertz CT molecular complexity index is 442. The predicted molar refractivity (Wildman–Crippen MR) is 67.2 cm³/mol. The van der Waals surface area contributed by atoms with Crippen LogP contribution < -0.4 is 5.56 Å². The lowest BCUT2D eigenvalue weighted by Gasteiger charge is -2.06. The van der Waals surface area contributed by atoms with Crippen molar-refractivity contribution in [3.63, 3.8) is 0 Å². The maximum atomic E-state index is 11.7. The van der Waals surface area contributed by atoms with E-state index in [0.29, 0.717) is 22.4 Å². The zero-order chi connectivity index (χ0) is 12.1. The van der Waals surface area contributed by atoms with Crippen LogP contribution in [0.1, 0.15) is 19.0 Å². The molecule has 0 spiro atoms. The third-order valence-electron chi connectivity index (χ3n) is 2.02. The molecule has 0 bridgehead atoms. The summed E-state index contributed by atoms with van der Waals surface area (Å²) in [6, 6.07) is 0. The minimum absolute atomic E-state index is 0.114. The van der Waals surface area contributed by atoms with Crippen LogP contribution in [0.4, 0.5) is 0 Å². The van der Waals surface area contributed by atoms with Gasteiger partial charge in [0.1, 0.15) is 0 Å². The summed E-state index contributed by atoms with van der Waals surface area (Å²) < 4.78 is 6.79. The zero-order valence-corrected chi connectivity index (χ0v) is 11.4. The van der Waals surface area contributed by atoms with Crippen molar-refractivity contribution in [3.05, 3.63) is 25.9 Å². The molecule has 0 radical (unpaired) electrons. The van der Waals surface area contributed by atoms with Crippen molar-refractivity contribution >= 4 is 28.6 Å². The minimum atomic E-state index is -0.301. The summed E-state index contributed by atoms with van der Waals surface area (Å²) in [6.07, 6.45) is 1.65. The van der Waals surface area contributed by atoms with Crippen LogP contribution in [0.25, 0.3) is 0 Å². The number of carbonyl (C=O) groups excluding carboxylic acids is 1. The lowest BCUT2D eigenvalue weighted by molar-refractivity contribution is -0.143. The van der Waals surface area contributed by atoms with Crippen molar-refractivity contribution in [3.8, 4) is 0 Å². The molecule has 0 saturated heterocycles. The Morgan fingerprint density at radius 2 is 2.31 bits per heavy atom. The van der Waals surface area contributed by atoms with Gasteiger partial charge in [0.15, 0.2) is 0 Å². The molecule has 0 aromatic carbocycles. The number of hydrogen-bond donors (Lipinski definition) is 0. The molecule has 0 aliphatic carbocycles. The van der Waals surface area contributed by atoms with E-state index >= 15 is 0 Å². The van der Waals surface area contributed by atoms with Gasteiger partial charge in [0, 0.05) is 6.54 Å². The molecule has 1 aromatic rings. The number of aromatic nitrogens is 2. The number of nitrogens with zero attached hydrogens (tertiary/aromatic N) is 2. The summed E-state index contributed by atoms with van der Waals surface area (Å²) in [5, 5.41) is 0. The van der Waals surface area contributed by atoms with Gasteiger partial charge in [-0.2, -0.15) is 0 Å². The van der Waals surface area contributed by atoms with Crippen molar-refractivity contribution in [2.24, 2.45) is 0 Å². The Morgan fingerprint density at radius 3 is 2.94 bits per heavy atom. The van der Waals surface area contributed by atoms with E-state index in [1.807, 2.05) is 22.6 Å². The first-order valence-electron chi connectivity index (χ1n) is 4.93. The molecule has 0 aliphatic rings. The fourth-order valence-electron chi connectivity index (χ4n) is 1.15. The molecule has 6 heteroatoms. The summed E-state index contributed by atoms with van der Waals surface area (Å²) >= 11 is 1.96. The van der Waals surface area contributed by atoms with Crippen molar-refractivity contribution in [1.29, 1.82) is 0 Å². The van der Waals surface area contributed by atoms with Gasteiger partial charge in [0.05, 0.1) is 28.6 Å². The molecule has 0 fully saturated rings. The van der Waals surface area contributed by atoms with Crippen LogP contribution in [0.3, 0.4) is 0 Å². The monoisotopic (exact) mass is 336 g/mol. The molecular formula is C10H13IN2O3. The van der Waals surface area contributed by atoms with E-state index in [1.54, 1.807) is 13.8 Å². The second-order valence-corrected chi connectivity index (χ2v) is 4.28. The van der Waals surface area contributed by atoms with Crippen LogP contribution in [-0.2, 0) is 16.1 Å². The van der Waals surface area contributed by atoms with E-state index in [1.165, 1.54) is 10.9 Å². The van der Waals surface area contributed by atoms with Gasteiger partial charge in [0.25, 0.3) is 5.56 Å². The first-order chi connectivity index (χ1) is 7.56. The largest absolute Gasteiger partial charge is 0.466 e. The average Bonchev–Trinajstić information content (AvgIpc) is 2.25. The van der Waals surface area contributed by atoms with Gasteiger partial charge >= 0.3 is 5.97 Å². The Balaban J connectivity index is 2.72. The van der Waals surface area contributed by atoms with Gasteiger partial charge in [-0.3, -0.25) is 14.2 Å². The maximum Gasteiger partial charge on any atom is 0.307 e. The first-order valence-corrected chi connectivity index (χ1v) is 6.01. The standard InChI is InChI=1S/C10H13IN2O3/c1-3-16-8(14)4-5-13-6-12-7(2)9(11)10(13)15/h6H,3-5H2,1-2H3. The summed E-state index contributed by atoms with van der Waals surface area (Å²) in [4.78, 5) is 26.9. The predicted octanol–water partition coefficient (Wildman–Crippen LogP) is 1.11. The van der Waals surface area contributed by atoms with Crippen LogP contribution in [0.15, 0.2) is 11.1 Å². The number of aryl methyl sites for hydroxylation is 2. The smallest absolute Gasteiger partial charge is 0.307 e. The minimum Gasteiger partial charge on any atom is -0.466 e. The van der Waals surface area contributed by atoms with Crippen LogP contribution in [0.2, 0.25) is 0 Å². The molecule has 1 heterocycles. The van der Waals surface area contributed by atoms with Gasteiger partial charge in [-0.05, 0) is 36.4 Å². The summed E-state index contributed by atoms with van der Waals surface area (Å²) in [6.45, 7) is 4.19. The molecule has 0 aliphatic heterocycles. The van der Waals surface area contributed by atoms with Gasteiger partial charge in [-0.25, -0.2) is 4.98 Å². The van der Waals surface area contributed by atoms with Gasteiger partial charge in [-0.15, -0.1) is 0 Å². The van der Waals surface area contributed by atoms with E-state index < -0.39 is 0 Å². The van der Waals surface area contributed by atoms with Crippen LogP contribution in [-0.4, -0.2) is 22.1 Å². The van der Waals surface area contributed by atoms with E-state index in [2.05, 4.69) is 4.98 Å². The number of halogens is 1. The van der Waals surface area contributed by atoms with Crippen molar-refractivity contribution in [1.82, 2.24) is 9.55 Å². The highest BCUT2D eigenvalue weighted by Crippen LogP contribution is 2.01. The van der Waals surface area contributed by atoms with Crippen molar-refractivity contribution in [2.45, 2.75) is 26.8 Å². The quantitative estimate of drug-likeness (QED) is 0.611. The van der Waals surface area contributed by atoms with E-state index in [0.717, 1.165) is 0 Å². The molecule has 5 nitrogen and oxygen atoms in total. The second-order valence-electron chi connectivity index (χ2n) is 3.20.